The molecule has 0 radical (unpaired) electrons. The van der Waals surface area contributed by atoms with E-state index in [0.29, 0.717) is 35.5 Å². The van der Waals surface area contributed by atoms with Crippen LogP contribution in [0.4, 0.5) is 0 Å². The molecule has 0 spiro atoms. The zero-order valence-corrected chi connectivity index (χ0v) is 14.1. The van der Waals surface area contributed by atoms with Gasteiger partial charge in [0.15, 0.2) is 0 Å². The van der Waals surface area contributed by atoms with Gasteiger partial charge in [0, 0.05) is 23.7 Å². The van der Waals surface area contributed by atoms with Crippen LogP contribution >= 0.6 is 0 Å². The van der Waals surface area contributed by atoms with Gasteiger partial charge >= 0.3 is 0 Å². The average Bonchev–Trinajstić information content (AvgIpc) is 2.25. The molecule has 0 saturated heterocycles. The number of hydrogen-bond donors (Lipinski definition) is 1. The van der Waals surface area contributed by atoms with Crippen LogP contribution in [0, 0.1) is 35.5 Å². The molecule has 0 aromatic rings. The van der Waals surface area contributed by atoms with E-state index in [1.54, 1.807) is 4.74 Å². The van der Waals surface area contributed by atoms with E-state index in [2.05, 4.69) is 55.4 Å². The SMILES string of the molecule is CC(C)C1=[N+](O)C(C(C)C)C(C(C)C)CC1C(C)C. The highest BCUT2D eigenvalue weighted by Gasteiger charge is 2.48. The van der Waals surface area contributed by atoms with Gasteiger partial charge in [-0.05, 0) is 23.0 Å². The summed E-state index contributed by atoms with van der Waals surface area (Å²) in [5.41, 5.74) is 1.26. The maximum atomic E-state index is 10.8. The lowest BCUT2D eigenvalue weighted by atomic mass is 9.69. The smallest absolute Gasteiger partial charge is 0.210 e. The molecule has 0 amide bonds. The minimum Gasteiger partial charge on any atom is -0.291 e. The molecule has 2 nitrogen and oxygen atoms in total. The summed E-state index contributed by atoms with van der Waals surface area (Å²) >= 11 is 0. The first-order valence-corrected chi connectivity index (χ1v) is 8.03. The van der Waals surface area contributed by atoms with E-state index in [9.17, 15) is 5.21 Å². The van der Waals surface area contributed by atoms with Gasteiger partial charge in [-0.1, -0.05) is 55.4 Å². The van der Waals surface area contributed by atoms with Crippen molar-refractivity contribution in [3.63, 3.8) is 0 Å². The lowest BCUT2D eigenvalue weighted by Gasteiger charge is -2.37. The lowest BCUT2D eigenvalue weighted by Crippen LogP contribution is -2.51. The second-order valence-electron chi connectivity index (χ2n) is 7.65. The van der Waals surface area contributed by atoms with Gasteiger partial charge in [-0.2, -0.15) is 0 Å². The van der Waals surface area contributed by atoms with Gasteiger partial charge in [0.05, 0.1) is 0 Å². The number of nitrogens with zero attached hydrogens (tertiary/aromatic N) is 1. The molecule has 1 aliphatic heterocycles. The zero-order chi connectivity index (χ0) is 14.9. The largest absolute Gasteiger partial charge is 0.291 e. The van der Waals surface area contributed by atoms with E-state index in [4.69, 9.17) is 0 Å². The Kier molecular flexibility index (Phi) is 5.46. The lowest BCUT2D eigenvalue weighted by molar-refractivity contribution is -0.814. The van der Waals surface area contributed by atoms with Crippen molar-refractivity contribution >= 4 is 5.71 Å². The van der Waals surface area contributed by atoms with Crippen LogP contribution in [0.5, 0.6) is 0 Å². The minimum absolute atomic E-state index is 0.271. The normalized spacial score (nSPS) is 29.2. The first-order chi connectivity index (χ1) is 8.68. The summed E-state index contributed by atoms with van der Waals surface area (Å²) in [6.07, 6.45) is 1.22. The van der Waals surface area contributed by atoms with Crippen molar-refractivity contribution in [3.05, 3.63) is 0 Å². The molecule has 3 unspecified atom stereocenters. The Labute approximate surface area is 119 Å². The topological polar surface area (TPSA) is 23.2 Å². The standard InChI is InChI=1S/C17H34NO/c1-10(2)14-9-15(11(3)4)17(13(7)8)18(19)16(14)12(5)6/h10-16,19H,9H2,1-8H3/q+1. The highest BCUT2D eigenvalue weighted by atomic mass is 16.5. The Morgan fingerprint density at radius 3 is 1.74 bits per heavy atom. The molecular formula is C17H34NO+. The van der Waals surface area contributed by atoms with Gasteiger partial charge in [-0.25, -0.2) is 0 Å². The quantitative estimate of drug-likeness (QED) is 0.590. The third kappa shape index (κ3) is 3.32. The summed E-state index contributed by atoms with van der Waals surface area (Å²) in [5, 5.41) is 10.8. The number of hydroxylamine groups is 1. The molecule has 19 heavy (non-hydrogen) atoms. The molecule has 2 heteroatoms. The van der Waals surface area contributed by atoms with Gasteiger partial charge in [0.25, 0.3) is 0 Å². The maximum Gasteiger partial charge on any atom is 0.210 e. The van der Waals surface area contributed by atoms with Crippen molar-refractivity contribution in [2.45, 2.75) is 67.9 Å². The first kappa shape index (κ1) is 16.5. The molecular weight excluding hydrogens is 234 g/mol. The molecule has 0 fully saturated rings. The second-order valence-corrected chi connectivity index (χ2v) is 7.65. The Bertz CT molecular complexity index is 328. The van der Waals surface area contributed by atoms with Crippen LogP contribution in [0.1, 0.15) is 61.8 Å². The van der Waals surface area contributed by atoms with Crippen molar-refractivity contribution in [2.24, 2.45) is 35.5 Å². The zero-order valence-electron chi connectivity index (χ0n) is 14.1. The molecule has 1 N–H and O–H groups in total. The van der Waals surface area contributed by atoms with Crippen molar-refractivity contribution < 1.29 is 9.95 Å². The minimum atomic E-state index is 0.271. The van der Waals surface area contributed by atoms with Gasteiger partial charge in [-0.15, -0.1) is 0 Å². The summed E-state index contributed by atoms with van der Waals surface area (Å²) in [5.74, 6) is 3.23. The van der Waals surface area contributed by atoms with E-state index in [1.165, 1.54) is 12.1 Å². The van der Waals surface area contributed by atoms with E-state index < -0.39 is 0 Å². The molecule has 0 aromatic carbocycles. The average molecular weight is 268 g/mol. The molecule has 0 bridgehead atoms. The number of rotatable bonds is 4. The third-order valence-electron chi connectivity index (χ3n) is 4.83. The Morgan fingerprint density at radius 2 is 1.42 bits per heavy atom. The fourth-order valence-corrected chi connectivity index (χ4v) is 3.83. The third-order valence-corrected chi connectivity index (χ3v) is 4.83. The van der Waals surface area contributed by atoms with Crippen LogP contribution < -0.4 is 0 Å². The molecule has 1 rings (SSSR count). The van der Waals surface area contributed by atoms with Crippen LogP contribution in [0.15, 0.2) is 0 Å². The highest BCUT2D eigenvalue weighted by Crippen LogP contribution is 2.38. The summed E-state index contributed by atoms with van der Waals surface area (Å²) in [7, 11) is 0. The molecule has 0 aliphatic carbocycles. The number of hydrogen-bond acceptors (Lipinski definition) is 1. The summed E-state index contributed by atoms with van der Waals surface area (Å²) in [6, 6.07) is 0.271. The van der Waals surface area contributed by atoms with Crippen molar-refractivity contribution in [2.75, 3.05) is 0 Å². The monoisotopic (exact) mass is 268 g/mol. The van der Waals surface area contributed by atoms with Crippen molar-refractivity contribution in [3.8, 4) is 0 Å². The van der Waals surface area contributed by atoms with Gasteiger partial charge in [0.2, 0.25) is 11.8 Å². The van der Waals surface area contributed by atoms with Crippen molar-refractivity contribution in [1.29, 1.82) is 0 Å². The summed E-state index contributed by atoms with van der Waals surface area (Å²) in [6.45, 7) is 18.1. The molecule has 112 valence electrons. The fourth-order valence-electron chi connectivity index (χ4n) is 3.83. The molecule has 0 aromatic heterocycles. The summed E-state index contributed by atoms with van der Waals surface area (Å²) < 4.78 is 1.66. The van der Waals surface area contributed by atoms with E-state index >= 15 is 0 Å². The van der Waals surface area contributed by atoms with E-state index in [-0.39, 0.29) is 6.04 Å². The molecule has 1 heterocycles. The predicted octanol–water partition coefficient (Wildman–Crippen LogP) is 4.46. The second kappa shape index (κ2) is 6.28. The van der Waals surface area contributed by atoms with Crippen molar-refractivity contribution in [1.82, 2.24) is 0 Å². The van der Waals surface area contributed by atoms with Crippen LogP contribution in [0.3, 0.4) is 0 Å². The van der Waals surface area contributed by atoms with Crippen LogP contribution in [0.25, 0.3) is 0 Å². The highest BCUT2D eigenvalue weighted by molar-refractivity contribution is 5.84. The van der Waals surface area contributed by atoms with E-state index in [0.717, 1.165) is 0 Å². The fraction of sp³-hybridized carbons (Fsp3) is 0.941. The van der Waals surface area contributed by atoms with Crippen LogP contribution in [0.2, 0.25) is 0 Å². The van der Waals surface area contributed by atoms with E-state index in [1.807, 2.05) is 0 Å². The van der Waals surface area contributed by atoms with Gasteiger partial charge in [-0.3, -0.25) is 5.21 Å². The Morgan fingerprint density at radius 1 is 0.895 bits per heavy atom. The first-order valence-electron chi connectivity index (χ1n) is 8.03. The van der Waals surface area contributed by atoms with Crippen LogP contribution in [-0.2, 0) is 0 Å². The predicted molar refractivity (Wildman–Crippen MR) is 81.8 cm³/mol. The van der Waals surface area contributed by atoms with Gasteiger partial charge in [0.1, 0.15) is 0 Å². The maximum absolute atomic E-state index is 10.8. The molecule has 0 saturated carbocycles. The molecule has 3 atom stereocenters. The van der Waals surface area contributed by atoms with Gasteiger partial charge < -0.3 is 0 Å². The summed E-state index contributed by atoms with van der Waals surface area (Å²) in [4.78, 5) is 0. The van der Waals surface area contributed by atoms with Crippen LogP contribution in [-0.4, -0.2) is 21.7 Å². The molecule has 1 aliphatic rings. The Balaban J connectivity index is 3.29. The Hall–Kier alpha value is -0.530.